The molecule has 4 heterocycles. The standard InChI is InChI=1S/C18H22N8O2.C13H12N6OS/c1-9(2)5-14(16(20)28)24-18-21-8-12(15(19)27)17(25-18)23-11-4-3-10-7-22-26-13(10)6-11;1-21-13-15-6-9(11(14)20)12(18-13)17-8-3-2-7-5-16-19-10(7)4-8/h3-4,6-9,14H,5H2,1-2H3,(H2,19,27)(H2,20,28)(H,22,26)(H2,21,23,24,25);2-6H,1H3,(H2,14,20)(H,16,19)(H,15,17,18)/t14-;/m1./s1. The number of hydrogen-bond donors (Lipinski definition) is 8. The van der Waals surface area contributed by atoms with Gasteiger partial charge in [-0.15, -0.1) is 0 Å². The second-order valence-electron chi connectivity index (χ2n) is 11.1. The summed E-state index contributed by atoms with van der Waals surface area (Å²) in [5.74, 6) is -0.737. The second-order valence-corrected chi connectivity index (χ2v) is 11.9. The first-order valence-corrected chi connectivity index (χ1v) is 16.1. The molecule has 49 heavy (non-hydrogen) atoms. The lowest BCUT2D eigenvalue weighted by atomic mass is 10.0. The average Bonchev–Trinajstić information content (AvgIpc) is 3.73. The van der Waals surface area contributed by atoms with E-state index < -0.39 is 23.8 Å². The van der Waals surface area contributed by atoms with Crippen molar-refractivity contribution in [3.05, 3.63) is 72.3 Å². The number of aromatic amines is 2. The molecule has 6 rings (SSSR count). The Morgan fingerprint density at radius 1 is 0.776 bits per heavy atom. The number of primary amides is 3. The number of anilines is 5. The van der Waals surface area contributed by atoms with E-state index in [2.05, 4.69) is 56.3 Å². The van der Waals surface area contributed by atoms with E-state index in [1.807, 2.05) is 56.5 Å². The summed E-state index contributed by atoms with van der Waals surface area (Å²) in [5, 5.41) is 25.3. The van der Waals surface area contributed by atoms with Crippen LogP contribution in [0.25, 0.3) is 21.8 Å². The van der Waals surface area contributed by atoms with Gasteiger partial charge in [-0.1, -0.05) is 25.6 Å². The molecule has 18 heteroatoms. The molecule has 0 aliphatic carbocycles. The van der Waals surface area contributed by atoms with Crippen molar-refractivity contribution in [1.29, 1.82) is 0 Å². The highest BCUT2D eigenvalue weighted by Crippen LogP contribution is 2.25. The fourth-order valence-corrected chi connectivity index (χ4v) is 4.98. The zero-order chi connectivity index (χ0) is 35.1. The summed E-state index contributed by atoms with van der Waals surface area (Å²) in [7, 11) is 0. The van der Waals surface area contributed by atoms with Gasteiger partial charge in [0, 0.05) is 34.5 Å². The van der Waals surface area contributed by atoms with Gasteiger partial charge >= 0.3 is 0 Å². The van der Waals surface area contributed by atoms with Gasteiger partial charge in [-0.2, -0.15) is 15.2 Å². The van der Waals surface area contributed by atoms with Gasteiger partial charge in [-0.3, -0.25) is 24.6 Å². The first-order valence-electron chi connectivity index (χ1n) is 14.8. The Bertz CT molecular complexity index is 2130. The van der Waals surface area contributed by atoms with Crippen molar-refractivity contribution < 1.29 is 14.4 Å². The molecule has 0 bridgehead atoms. The fourth-order valence-electron chi connectivity index (χ4n) is 4.64. The van der Waals surface area contributed by atoms with Crippen LogP contribution in [0.1, 0.15) is 41.0 Å². The zero-order valence-corrected chi connectivity index (χ0v) is 27.5. The third-order valence-corrected chi connectivity index (χ3v) is 7.59. The Balaban J connectivity index is 0.000000199. The van der Waals surface area contributed by atoms with Crippen molar-refractivity contribution in [3.8, 4) is 0 Å². The van der Waals surface area contributed by atoms with Gasteiger partial charge in [0.2, 0.25) is 11.9 Å². The minimum Gasteiger partial charge on any atom is -0.368 e. The van der Waals surface area contributed by atoms with E-state index in [4.69, 9.17) is 17.2 Å². The smallest absolute Gasteiger partial charge is 0.254 e. The van der Waals surface area contributed by atoms with Gasteiger partial charge in [0.15, 0.2) is 5.16 Å². The number of nitrogens with zero attached hydrogens (tertiary/aromatic N) is 6. The molecule has 0 fully saturated rings. The third kappa shape index (κ3) is 8.55. The first-order chi connectivity index (χ1) is 23.5. The van der Waals surface area contributed by atoms with Gasteiger partial charge < -0.3 is 33.2 Å². The molecule has 0 aliphatic heterocycles. The summed E-state index contributed by atoms with van der Waals surface area (Å²) in [6, 6.07) is 10.6. The number of benzene rings is 2. The van der Waals surface area contributed by atoms with Crippen LogP contribution >= 0.6 is 11.8 Å². The van der Waals surface area contributed by atoms with Crippen LogP contribution in [-0.4, -0.2) is 70.3 Å². The molecule has 252 valence electrons. The quantitative estimate of drug-likeness (QED) is 0.0679. The van der Waals surface area contributed by atoms with Crippen LogP contribution in [0.5, 0.6) is 0 Å². The number of thioether (sulfide) groups is 1. The minimum absolute atomic E-state index is 0.120. The van der Waals surface area contributed by atoms with Crippen LogP contribution in [0, 0.1) is 5.92 Å². The fraction of sp³-hybridized carbons (Fsp3) is 0.194. The highest BCUT2D eigenvalue weighted by molar-refractivity contribution is 7.98. The average molecular weight is 683 g/mol. The molecule has 4 aromatic heterocycles. The lowest BCUT2D eigenvalue weighted by molar-refractivity contribution is -0.119. The molecule has 17 nitrogen and oxygen atoms in total. The highest BCUT2D eigenvalue weighted by atomic mass is 32.2. The number of H-pyrrole nitrogens is 2. The lowest BCUT2D eigenvalue weighted by Gasteiger charge is -2.18. The van der Waals surface area contributed by atoms with Crippen LogP contribution in [0.4, 0.5) is 29.0 Å². The van der Waals surface area contributed by atoms with Crippen molar-refractivity contribution >= 4 is 80.2 Å². The van der Waals surface area contributed by atoms with Crippen LogP contribution in [0.2, 0.25) is 0 Å². The van der Waals surface area contributed by atoms with Crippen molar-refractivity contribution in [1.82, 2.24) is 40.3 Å². The van der Waals surface area contributed by atoms with E-state index in [-0.39, 0.29) is 28.8 Å². The van der Waals surface area contributed by atoms with E-state index in [0.717, 1.165) is 27.5 Å². The van der Waals surface area contributed by atoms with Crippen LogP contribution in [-0.2, 0) is 4.79 Å². The van der Waals surface area contributed by atoms with Crippen molar-refractivity contribution in [2.75, 3.05) is 22.2 Å². The Morgan fingerprint density at radius 2 is 1.31 bits per heavy atom. The van der Waals surface area contributed by atoms with E-state index >= 15 is 0 Å². The molecule has 0 aliphatic rings. The number of hydrogen-bond acceptors (Lipinski definition) is 13. The molecule has 0 saturated carbocycles. The molecule has 0 saturated heterocycles. The number of nitrogens with two attached hydrogens (primary N) is 3. The monoisotopic (exact) mass is 682 g/mol. The molecular formula is C31H34N14O3S. The van der Waals surface area contributed by atoms with E-state index in [0.29, 0.717) is 23.1 Å². The Kier molecular flexibility index (Phi) is 10.5. The van der Waals surface area contributed by atoms with Crippen molar-refractivity contribution in [2.45, 2.75) is 31.5 Å². The number of carbonyl (C=O) groups excluding carboxylic acids is 3. The number of carbonyl (C=O) groups is 3. The summed E-state index contributed by atoms with van der Waals surface area (Å²) in [6.07, 6.45) is 8.57. The van der Waals surface area contributed by atoms with E-state index in [9.17, 15) is 14.4 Å². The summed E-state index contributed by atoms with van der Waals surface area (Å²) in [4.78, 5) is 51.7. The molecule has 1 atom stereocenters. The Morgan fingerprint density at radius 3 is 1.80 bits per heavy atom. The van der Waals surface area contributed by atoms with E-state index in [1.165, 1.54) is 24.2 Å². The largest absolute Gasteiger partial charge is 0.368 e. The topological polar surface area (TPSA) is 274 Å². The summed E-state index contributed by atoms with van der Waals surface area (Å²) in [5.41, 5.74) is 19.8. The maximum Gasteiger partial charge on any atom is 0.254 e. The Hall–Kier alpha value is -6.30. The number of rotatable bonds is 12. The van der Waals surface area contributed by atoms with Crippen LogP contribution in [0.15, 0.2) is 66.3 Å². The molecule has 0 spiro atoms. The zero-order valence-electron chi connectivity index (χ0n) is 26.7. The minimum atomic E-state index is -0.676. The van der Waals surface area contributed by atoms with Gasteiger partial charge in [-0.25, -0.2) is 15.0 Å². The summed E-state index contributed by atoms with van der Waals surface area (Å²) in [6.45, 7) is 3.96. The lowest BCUT2D eigenvalue weighted by Crippen LogP contribution is -2.37. The highest BCUT2D eigenvalue weighted by Gasteiger charge is 2.20. The maximum atomic E-state index is 11.8. The second kappa shape index (κ2) is 15.1. The third-order valence-electron chi connectivity index (χ3n) is 7.03. The molecule has 2 aromatic carbocycles. The first kappa shape index (κ1) is 34.0. The predicted octanol–water partition coefficient (Wildman–Crippen LogP) is 3.42. The number of nitrogens with one attached hydrogen (secondary N) is 5. The molecular weight excluding hydrogens is 649 g/mol. The summed E-state index contributed by atoms with van der Waals surface area (Å²) >= 11 is 1.39. The van der Waals surface area contributed by atoms with Crippen LogP contribution in [0.3, 0.4) is 0 Å². The van der Waals surface area contributed by atoms with Crippen molar-refractivity contribution in [3.63, 3.8) is 0 Å². The summed E-state index contributed by atoms with van der Waals surface area (Å²) < 4.78 is 0. The number of amides is 3. The number of fused-ring (bicyclic) bond motifs is 2. The number of aromatic nitrogens is 8. The molecule has 11 N–H and O–H groups in total. The molecule has 0 radical (unpaired) electrons. The van der Waals surface area contributed by atoms with Gasteiger partial charge in [-0.05, 0) is 55.0 Å². The van der Waals surface area contributed by atoms with Crippen molar-refractivity contribution in [2.24, 2.45) is 23.1 Å². The van der Waals surface area contributed by atoms with Gasteiger partial charge in [0.25, 0.3) is 11.8 Å². The van der Waals surface area contributed by atoms with Gasteiger partial charge in [0.05, 0.1) is 23.4 Å². The van der Waals surface area contributed by atoms with Gasteiger partial charge in [0.1, 0.15) is 28.8 Å². The van der Waals surface area contributed by atoms with E-state index in [1.54, 1.807) is 12.4 Å². The predicted molar refractivity (Wildman–Crippen MR) is 188 cm³/mol. The normalized spacial score (nSPS) is 11.5. The molecule has 0 unspecified atom stereocenters. The Labute approximate surface area is 283 Å². The molecule has 3 amide bonds. The SMILES string of the molecule is CC(C)C[C@@H](Nc1ncc(C(N)=O)c(Nc2ccc3cn[nH]c3c2)n1)C(N)=O.CSc1ncc(C(N)=O)c(Nc2ccc3cn[nH]c3c2)n1. The maximum absolute atomic E-state index is 11.8. The van der Waals surface area contributed by atoms with Crippen LogP contribution < -0.4 is 33.2 Å². The molecule has 6 aromatic rings.